The fourth-order valence-electron chi connectivity index (χ4n) is 2.91. The molecule has 3 heteroatoms. The summed E-state index contributed by atoms with van der Waals surface area (Å²) in [5, 5.41) is 0. The van der Waals surface area contributed by atoms with Crippen molar-refractivity contribution in [2.75, 3.05) is 0 Å². The summed E-state index contributed by atoms with van der Waals surface area (Å²) in [7, 11) is 11.0. The summed E-state index contributed by atoms with van der Waals surface area (Å²) in [6, 6.07) is 16.7. The van der Waals surface area contributed by atoms with Gasteiger partial charge >= 0.3 is 51.6 Å². The van der Waals surface area contributed by atoms with Crippen LogP contribution in [0.1, 0.15) is 36.5 Å². The number of rotatable bonds is 1. The molecule has 0 spiro atoms. The standard InChI is InChI=1S/C18H13.C3H6.2ClH.Ti/c1-2-6-13(5-1)14-9-10-18-16(11-14)12-15-7-3-4-8-17(15)18;1-3-2;;;/h1-10,13H,12H2;1-2H3;2*1H;/q-1;;;;+2/p-2. The van der Waals surface area contributed by atoms with Gasteiger partial charge in [0, 0.05) is 0 Å². The molecule has 0 saturated heterocycles. The van der Waals surface area contributed by atoms with Crippen LogP contribution in [0.4, 0.5) is 0 Å². The second-order valence-corrected chi connectivity index (χ2v) is 12.5. The van der Waals surface area contributed by atoms with E-state index in [9.17, 15) is 0 Å². The van der Waals surface area contributed by atoms with Crippen LogP contribution in [0.5, 0.6) is 0 Å². The zero-order valence-electron chi connectivity index (χ0n) is 13.8. The van der Waals surface area contributed by atoms with E-state index < -0.39 is 15.3 Å². The van der Waals surface area contributed by atoms with Gasteiger partial charge in [-0.1, -0.05) is 59.7 Å². The van der Waals surface area contributed by atoms with E-state index in [1.54, 1.807) is 0 Å². The third-order valence-corrected chi connectivity index (χ3v) is 8.51. The molecule has 2 aliphatic carbocycles. The number of allylic oxidation sites excluding steroid dienone is 4. The van der Waals surface area contributed by atoms with E-state index in [0.29, 0.717) is 5.92 Å². The molecule has 0 amide bonds. The minimum atomic E-state index is -1.60. The van der Waals surface area contributed by atoms with E-state index in [2.05, 4.69) is 66.8 Å². The molecule has 0 N–H and O–H groups in total. The van der Waals surface area contributed by atoms with Crippen LogP contribution in [0.3, 0.4) is 0 Å². The average Bonchev–Trinajstić information content (AvgIpc) is 3.22. The van der Waals surface area contributed by atoms with Gasteiger partial charge in [-0.25, -0.2) is 0 Å². The molecule has 4 rings (SSSR count). The average molecular weight is 390 g/mol. The van der Waals surface area contributed by atoms with E-state index in [1.807, 2.05) is 13.8 Å². The Hall–Kier alpha value is -0.916. The van der Waals surface area contributed by atoms with Crippen molar-refractivity contribution < 1.29 is 15.3 Å². The van der Waals surface area contributed by atoms with Crippen molar-refractivity contribution in [2.45, 2.75) is 26.2 Å². The number of hydrogen-bond acceptors (Lipinski definition) is 0. The molecule has 2 aromatic rings. The van der Waals surface area contributed by atoms with E-state index in [0.717, 1.165) is 6.42 Å². The molecule has 0 atom stereocenters. The number of halogens is 2. The van der Waals surface area contributed by atoms with Gasteiger partial charge in [0.05, 0.1) is 0 Å². The first kappa shape index (κ1) is 17.9. The summed E-state index contributed by atoms with van der Waals surface area (Å²) in [5.41, 5.74) is 6.81. The molecule has 0 unspecified atom stereocenters. The predicted octanol–water partition coefficient (Wildman–Crippen LogP) is 6.39. The van der Waals surface area contributed by atoms with Gasteiger partial charge in [0.2, 0.25) is 0 Å². The van der Waals surface area contributed by atoms with E-state index in [4.69, 9.17) is 18.6 Å². The zero-order chi connectivity index (χ0) is 17.1. The minimum absolute atomic E-state index is 0.416. The Balaban J connectivity index is 0.000000246. The van der Waals surface area contributed by atoms with Crippen molar-refractivity contribution >= 4 is 22.4 Å². The maximum absolute atomic E-state index is 5.51. The largest absolute Gasteiger partial charge is 0.175 e. The fourth-order valence-corrected chi connectivity index (χ4v) is 2.91. The van der Waals surface area contributed by atoms with Crippen LogP contribution in [0.25, 0.3) is 11.1 Å². The molecule has 0 bridgehead atoms. The van der Waals surface area contributed by atoms with Gasteiger partial charge in [0.15, 0.2) is 0 Å². The van der Waals surface area contributed by atoms with Crippen LogP contribution >= 0.6 is 18.6 Å². The van der Waals surface area contributed by atoms with Gasteiger partial charge in [-0.05, 0) is 12.3 Å². The molecule has 0 saturated carbocycles. The summed E-state index contributed by atoms with van der Waals surface area (Å²) in [4.78, 5) is 0. The first-order valence-electron chi connectivity index (χ1n) is 8.03. The smallest absolute Gasteiger partial charge is 0.00217 e. The minimum Gasteiger partial charge on any atom is -0.175 e. The van der Waals surface area contributed by atoms with Crippen molar-refractivity contribution in [1.82, 2.24) is 0 Å². The molecular formula is C21H19Cl2Ti-. The van der Waals surface area contributed by atoms with Crippen LogP contribution in [0.2, 0.25) is 0 Å². The number of benzene rings is 2. The topological polar surface area (TPSA) is 0 Å². The fraction of sp³-hybridized carbons (Fsp3) is 0.190. The first-order chi connectivity index (χ1) is 11.6. The Morgan fingerprint density at radius 2 is 1.67 bits per heavy atom. The zero-order valence-corrected chi connectivity index (χ0v) is 16.9. The predicted molar refractivity (Wildman–Crippen MR) is 103 cm³/mol. The molecule has 0 heterocycles. The Bertz CT molecular complexity index is 817. The summed E-state index contributed by atoms with van der Waals surface area (Å²) < 4.78 is 1.21. The van der Waals surface area contributed by atoms with Gasteiger partial charge in [-0.3, -0.25) is 0 Å². The third-order valence-electron chi connectivity index (χ3n) is 4.21. The monoisotopic (exact) mass is 389 g/mol. The molecule has 0 nitrogen and oxygen atoms in total. The van der Waals surface area contributed by atoms with E-state index in [1.165, 1.54) is 31.6 Å². The molecule has 24 heavy (non-hydrogen) atoms. The maximum Gasteiger partial charge on any atom is -0.00217 e. The second kappa shape index (κ2) is 7.98. The van der Waals surface area contributed by atoms with Gasteiger partial charge in [0.1, 0.15) is 0 Å². The Morgan fingerprint density at radius 1 is 1.00 bits per heavy atom. The van der Waals surface area contributed by atoms with Crippen molar-refractivity contribution in [2.24, 2.45) is 0 Å². The van der Waals surface area contributed by atoms with Gasteiger partial charge < -0.3 is 0 Å². The number of fused-ring (bicyclic) bond motifs is 3. The molecule has 0 aliphatic heterocycles. The van der Waals surface area contributed by atoms with Crippen LogP contribution in [-0.4, -0.2) is 3.81 Å². The van der Waals surface area contributed by atoms with Crippen LogP contribution < -0.4 is 0 Å². The molecule has 2 aliphatic rings. The summed E-state index contributed by atoms with van der Waals surface area (Å²) in [5.74, 6) is 0.416. The van der Waals surface area contributed by atoms with Crippen molar-refractivity contribution in [3.05, 3.63) is 83.5 Å². The third kappa shape index (κ3) is 4.00. The van der Waals surface area contributed by atoms with Crippen molar-refractivity contribution in [1.29, 1.82) is 0 Å². The second-order valence-electron chi connectivity index (χ2n) is 6.20. The molecule has 0 fully saturated rings. The molecule has 0 aromatic heterocycles. The molecular weight excluding hydrogens is 371 g/mol. The maximum atomic E-state index is 5.51. The normalized spacial score (nSPS) is 14.0. The Morgan fingerprint density at radius 3 is 2.33 bits per heavy atom. The van der Waals surface area contributed by atoms with Gasteiger partial charge in [0.25, 0.3) is 0 Å². The van der Waals surface area contributed by atoms with Gasteiger partial charge in [-0.15, -0.1) is 11.1 Å². The van der Waals surface area contributed by atoms with Crippen LogP contribution in [0, 0.1) is 6.07 Å². The molecule has 2 aromatic carbocycles. The van der Waals surface area contributed by atoms with E-state index in [-0.39, 0.29) is 0 Å². The number of hydrogen-bond donors (Lipinski definition) is 0. The summed E-state index contributed by atoms with van der Waals surface area (Å²) >= 11 is -1.60. The Kier molecular flexibility index (Phi) is 5.95. The summed E-state index contributed by atoms with van der Waals surface area (Å²) in [6.45, 7) is 3.94. The first-order valence-corrected chi connectivity index (χ1v) is 13.1. The molecule has 122 valence electrons. The summed E-state index contributed by atoms with van der Waals surface area (Å²) in [6.07, 6.45) is 9.70. The van der Waals surface area contributed by atoms with E-state index >= 15 is 0 Å². The Labute approximate surface area is 157 Å². The van der Waals surface area contributed by atoms with Crippen LogP contribution in [0.15, 0.2) is 60.7 Å². The van der Waals surface area contributed by atoms with Crippen molar-refractivity contribution in [3.63, 3.8) is 0 Å². The van der Waals surface area contributed by atoms with Crippen LogP contribution in [-0.2, 0) is 21.7 Å². The quantitative estimate of drug-likeness (QED) is 0.334. The van der Waals surface area contributed by atoms with Crippen molar-refractivity contribution in [3.8, 4) is 11.1 Å². The van der Waals surface area contributed by atoms with Gasteiger partial charge in [-0.2, -0.15) is 23.8 Å². The molecule has 0 radical (unpaired) electrons. The SMILES string of the molecule is C[C](C)=[Ti]([Cl])[Cl].[c-]1c(C2C=CC=C2)ccc2c1Cc1ccccc1-2.